The highest BCUT2D eigenvalue weighted by Gasteiger charge is 2.16. The molecule has 4 nitrogen and oxygen atoms in total. The summed E-state index contributed by atoms with van der Waals surface area (Å²) >= 11 is 3.46. The number of rotatable bonds is 4. The van der Waals surface area contributed by atoms with Gasteiger partial charge in [0, 0.05) is 22.1 Å². The van der Waals surface area contributed by atoms with E-state index in [0.29, 0.717) is 5.56 Å². The highest BCUT2D eigenvalue weighted by atomic mass is 79.9. The van der Waals surface area contributed by atoms with E-state index in [4.69, 9.17) is 0 Å². The zero-order chi connectivity index (χ0) is 15.6. The van der Waals surface area contributed by atoms with Crippen molar-refractivity contribution < 1.29 is 4.92 Å². The predicted molar refractivity (Wildman–Crippen MR) is 88.8 cm³/mol. The predicted octanol–water partition coefficient (Wildman–Crippen LogP) is 5.15. The number of halogens is 1. The summed E-state index contributed by atoms with van der Waals surface area (Å²) < 4.78 is 0.824. The summed E-state index contributed by atoms with van der Waals surface area (Å²) in [5.41, 5.74) is 3.82. The minimum Gasteiger partial charge on any atom is -0.377 e. The molecule has 1 unspecified atom stereocenters. The van der Waals surface area contributed by atoms with Gasteiger partial charge in [-0.15, -0.1) is 0 Å². The van der Waals surface area contributed by atoms with Crippen LogP contribution in [0.2, 0.25) is 0 Å². The Kier molecular flexibility index (Phi) is 4.63. The topological polar surface area (TPSA) is 55.2 Å². The van der Waals surface area contributed by atoms with Crippen LogP contribution in [0.15, 0.2) is 40.9 Å². The minimum absolute atomic E-state index is 0.0588. The monoisotopic (exact) mass is 348 g/mol. The SMILES string of the molecule is Cc1cccc(C(C)Nc2cc([N+](=O)[O-])c(C)cc2Br)c1. The Morgan fingerprint density at radius 3 is 2.57 bits per heavy atom. The van der Waals surface area contributed by atoms with Crippen LogP contribution in [-0.4, -0.2) is 4.92 Å². The van der Waals surface area contributed by atoms with E-state index in [2.05, 4.69) is 27.3 Å². The lowest BCUT2D eigenvalue weighted by molar-refractivity contribution is -0.385. The Morgan fingerprint density at radius 2 is 1.95 bits per heavy atom. The number of nitro benzene ring substituents is 1. The molecule has 0 saturated carbocycles. The lowest BCUT2D eigenvalue weighted by Gasteiger charge is -2.17. The largest absolute Gasteiger partial charge is 0.377 e. The number of nitro groups is 1. The van der Waals surface area contributed by atoms with Gasteiger partial charge in [0.2, 0.25) is 0 Å². The molecule has 1 atom stereocenters. The summed E-state index contributed by atoms with van der Waals surface area (Å²) in [5.74, 6) is 0. The minimum atomic E-state index is -0.357. The summed E-state index contributed by atoms with van der Waals surface area (Å²) in [7, 11) is 0. The molecular formula is C16H17BrN2O2. The van der Waals surface area contributed by atoms with Gasteiger partial charge in [-0.05, 0) is 48.3 Å². The molecule has 0 bridgehead atoms. The zero-order valence-corrected chi connectivity index (χ0v) is 13.8. The first-order valence-electron chi connectivity index (χ1n) is 6.66. The molecule has 0 heterocycles. The normalized spacial score (nSPS) is 12.0. The molecule has 0 amide bonds. The number of hydrogen-bond acceptors (Lipinski definition) is 3. The van der Waals surface area contributed by atoms with Crippen molar-refractivity contribution in [3.05, 3.63) is 67.7 Å². The summed E-state index contributed by atoms with van der Waals surface area (Å²) in [6, 6.07) is 11.6. The molecule has 0 fully saturated rings. The Bertz CT molecular complexity index is 686. The molecule has 2 aromatic carbocycles. The van der Waals surface area contributed by atoms with Gasteiger partial charge >= 0.3 is 0 Å². The van der Waals surface area contributed by atoms with Crippen molar-refractivity contribution in [3.8, 4) is 0 Å². The number of hydrogen-bond donors (Lipinski definition) is 1. The van der Waals surface area contributed by atoms with Crippen LogP contribution in [0.3, 0.4) is 0 Å². The smallest absolute Gasteiger partial charge is 0.274 e. The Morgan fingerprint density at radius 1 is 1.24 bits per heavy atom. The first kappa shape index (κ1) is 15.5. The van der Waals surface area contributed by atoms with E-state index in [9.17, 15) is 10.1 Å². The van der Waals surface area contributed by atoms with E-state index in [1.165, 1.54) is 5.56 Å². The maximum absolute atomic E-state index is 11.0. The summed E-state index contributed by atoms with van der Waals surface area (Å²) in [5, 5.41) is 14.4. The molecular weight excluding hydrogens is 332 g/mol. The van der Waals surface area contributed by atoms with Gasteiger partial charge in [-0.3, -0.25) is 10.1 Å². The molecule has 2 rings (SSSR count). The van der Waals surface area contributed by atoms with Gasteiger partial charge in [0.05, 0.1) is 10.6 Å². The fourth-order valence-electron chi connectivity index (χ4n) is 2.22. The second kappa shape index (κ2) is 6.26. The molecule has 5 heteroatoms. The quantitative estimate of drug-likeness (QED) is 0.614. The second-order valence-electron chi connectivity index (χ2n) is 5.16. The van der Waals surface area contributed by atoms with Crippen LogP contribution in [0, 0.1) is 24.0 Å². The van der Waals surface area contributed by atoms with Crippen molar-refractivity contribution in [2.75, 3.05) is 5.32 Å². The molecule has 1 N–H and O–H groups in total. The maximum Gasteiger partial charge on any atom is 0.274 e. The molecule has 110 valence electrons. The van der Waals surface area contributed by atoms with Crippen molar-refractivity contribution in [3.63, 3.8) is 0 Å². The van der Waals surface area contributed by atoms with Gasteiger partial charge in [-0.25, -0.2) is 0 Å². The second-order valence-corrected chi connectivity index (χ2v) is 6.01. The van der Waals surface area contributed by atoms with Gasteiger partial charge in [0.1, 0.15) is 0 Å². The third kappa shape index (κ3) is 3.61. The highest BCUT2D eigenvalue weighted by Crippen LogP contribution is 2.33. The van der Waals surface area contributed by atoms with E-state index in [1.54, 1.807) is 19.1 Å². The first-order valence-corrected chi connectivity index (χ1v) is 7.45. The fraction of sp³-hybridized carbons (Fsp3) is 0.250. The van der Waals surface area contributed by atoms with Crippen LogP contribution < -0.4 is 5.32 Å². The standard InChI is InChI=1S/C16H17BrN2O2/c1-10-5-4-6-13(7-10)12(3)18-15-9-16(19(20)21)11(2)8-14(15)17/h4-9,12,18H,1-3H3. The van der Waals surface area contributed by atoms with Crippen LogP contribution in [0.5, 0.6) is 0 Å². The zero-order valence-electron chi connectivity index (χ0n) is 12.2. The molecule has 21 heavy (non-hydrogen) atoms. The van der Waals surface area contributed by atoms with Gasteiger partial charge in [-0.1, -0.05) is 29.8 Å². The van der Waals surface area contributed by atoms with Gasteiger partial charge in [0.25, 0.3) is 5.69 Å². The average molecular weight is 349 g/mol. The van der Waals surface area contributed by atoms with Crippen molar-refractivity contribution in [2.24, 2.45) is 0 Å². The van der Waals surface area contributed by atoms with Crippen LogP contribution in [0.1, 0.15) is 29.7 Å². The summed E-state index contributed by atoms with van der Waals surface area (Å²) in [6.45, 7) is 5.81. The number of nitrogens with zero attached hydrogens (tertiary/aromatic N) is 1. The molecule has 0 aliphatic carbocycles. The number of benzene rings is 2. The van der Waals surface area contributed by atoms with Gasteiger partial charge in [0.15, 0.2) is 0 Å². The molecule has 0 saturated heterocycles. The van der Waals surface area contributed by atoms with E-state index in [0.717, 1.165) is 15.7 Å². The van der Waals surface area contributed by atoms with Crippen LogP contribution in [0.4, 0.5) is 11.4 Å². The maximum atomic E-state index is 11.0. The molecule has 0 aliphatic rings. The lowest BCUT2D eigenvalue weighted by Crippen LogP contribution is -2.08. The van der Waals surface area contributed by atoms with Crippen molar-refractivity contribution in [2.45, 2.75) is 26.8 Å². The highest BCUT2D eigenvalue weighted by molar-refractivity contribution is 9.10. The Balaban J connectivity index is 2.31. The third-order valence-electron chi connectivity index (χ3n) is 3.40. The summed E-state index contributed by atoms with van der Waals surface area (Å²) in [6.07, 6.45) is 0. The average Bonchev–Trinajstić information content (AvgIpc) is 2.41. The molecule has 0 spiro atoms. The Hall–Kier alpha value is -1.88. The van der Waals surface area contributed by atoms with E-state index >= 15 is 0 Å². The third-order valence-corrected chi connectivity index (χ3v) is 4.05. The van der Waals surface area contributed by atoms with Gasteiger partial charge in [-0.2, -0.15) is 0 Å². The number of anilines is 1. The van der Waals surface area contributed by atoms with Crippen molar-refractivity contribution in [1.82, 2.24) is 0 Å². The number of aryl methyl sites for hydroxylation is 2. The van der Waals surface area contributed by atoms with Crippen LogP contribution in [0.25, 0.3) is 0 Å². The van der Waals surface area contributed by atoms with Gasteiger partial charge < -0.3 is 5.32 Å². The molecule has 2 aromatic rings. The fourth-order valence-corrected chi connectivity index (χ4v) is 2.80. The first-order chi connectivity index (χ1) is 9.88. The van der Waals surface area contributed by atoms with Crippen molar-refractivity contribution in [1.29, 1.82) is 0 Å². The molecule has 0 radical (unpaired) electrons. The summed E-state index contributed by atoms with van der Waals surface area (Å²) in [4.78, 5) is 10.7. The molecule has 0 aromatic heterocycles. The molecule has 0 aliphatic heterocycles. The lowest BCUT2D eigenvalue weighted by atomic mass is 10.1. The van der Waals surface area contributed by atoms with E-state index in [1.807, 2.05) is 32.0 Å². The van der Waals surface area contributed by atoms with Crippen LogP contribution >= 0.6 is 15.9 Å². The Labute approximate surface area is 132 Å². The van der Waals surface area contributed by atoms with Crippen molar-refractivity contribution >= 4 is 27.3 Å². The van der Waals surface area contributed by atoms with E-state index in [-0.39, 0.29) is 16.7 Å². The van der Waals surface area contributed by atoms with Crippen LogP contribution in [-0.2, 0) is 0 Å². The van der Waals surface area contributed by atoms with E-state index < -0.39 is 0 Å². The number of nitrogens with one attached hydrogen (secondary N) is 1.